The molecule has 1 unspecified atom stereocenters. The Balaban J connectivity index is 1.71. The molecule has 0 fully saturated rings. The third kappa shape index (κ3) is 3.82. The van der Waals surface area contributed by atoms with Crippen molar-refractivity contribution in [3.63, 3.8) is 0 Å². The van der Waals surface area contributed by atoms with Gasteiger partial charge in [-0.25, -0.2) is 9.67 Å². The van der Waals surface area contributed by atoms with Crippen LogP contribution in [-0.4, -0.2) is 24.4 Å². The molecule has 7 heteroatoms. The van der Waals surface area contributed by atoms with Crippen LogP contribution >= 0.6 is 31.9 Å². The first-order valence-corrected chi connectivity index (χ1v) is 11.5. The van der Waals surface area contributed by atoms with E-state index >= 15 is 0 Å². The van der Waals surface area contributed by atoms with Crippen LogP contribution in [0.2, 0.25) is 0 Å². The second-order valence-corrected chi connectivity index (χ2v) is 9.73. The van der Waals surface area contributed by atoms with Crippen LogP contribution in [0.25, 0.3) is 21.8 Å². The van der Waals surface area contributed by atoms with Gasteiger partial charge in [0.05, 0.1) is 13.1 Å². The van der Waals surface area contributed by atoms with E-state index in [0.717, 1.165) is 41.9 Å². The van der Waals surface area contributed by atoms with E-state index in [-0.39, 0.29) is 0 Å². The van der Waals surface area contributed by atoms with Crippen molar-refractivity contribution in [1.82, 2.24) is 19.3 Å². The number of hydrogen-bond acceptors (Lipinski definition) is 3. The predicted molar refractivity (Wildman–Crippen MR) is 130 cm³/mol. The second-order valence-electron chi connectivity index (χ2n) is 7.90. The van der Waals surface area contributed by atoms with E-state index in [1.807, 2.05) is 43.3 Å². The van der Waals surface area contributed by atoms with Gasteiger partial charge in [0, 0.05) is 30.8 Å². The quantitative estimate of drug-likeness (QED) is 0.307. The van der Waals surface area contributed by atoms with Gasteiger partial charge in [-0.3, -0.25) is 0 Å². The SMILES string of the molecule is Cc1ccc(C(O)(Cn2cncn2)Cn2c3ccc(Br)cc3c3cc(Br)ccc32)cc1. The largest absolute Gasteiger partial charge is 0.381 e. The van der Waals surface area contributed by atoms with Gasteiger partial charge >= 0.3 is 0 Å². The van der Waals surface area contributed by atoms with E-state index in [1.165, 1.54) is 6.33 Å². The average Bonchev–Trinajstić information content (AvgIpc) is 3.35. The molecule has 5 nitrogen and oxygen atoms in total. The fraction of sp³-hybridized carbons (Fsp3) is 0.167. The van der Waals surface area contributed by atoms with Crippen LogP contribution in [0.15, 0.2) is 82.3 Å². The molecule has 0 aliphatic heterocycles. The number of halogens is 2. The first kappa shape index (κ1) is 20.4. The molecule has 2 heterocycles. The normalized spacial score (nSPS) is 13.7. The predicted octanol–water partition coefficient (Wildman–Crippen LogP) is 5.81. The molecule has 0 amide bonds. The molecule has 5 rings (SSSR count). The molecule has 31 heavy (non-hydrogen) atoms. The molecule has 0 aliphatic carbocycles. The molecule has 5 aromatic rings. The van der Waals surface area contributed by atoms with E-state index in [9.17, 15) is 5.11 Å². The van der Waals surface area contributed by atoms with Crippen LogP contribution in [0.3, 0.4) is 0 Å². The summed E-state index contributed by atoms with van der Waals surface area (Å²) < 4.78 is 5.92. The Bertz CT molecular complexity index is 1320. The summed E-state index contributed by atoms with van der Waals surface area (Å²) in [7, 11) is 0. The maximum Gasteiger partial charge on any atom is 0.137 e. The molecule has 0 aliphatic rings. The minimum absolute atomic E-state index is 0.296. The number of rotatable bonds is 5. The molecule has 0 bridgehead atoms. The molecular weight excluding hydrogens is 520 g/mol. The summed E-state index contributed by atoms with van der Waals surface area (Å²) in [6.07, 6.45) is 3.13. The number of aliphatic hydroxyl groups is 1. The average molecular weight is 540 g/mol. The molecule has 3 aromatic carbocycles. The second kappa shape index (κ2) is 7.89. The van der Waals surface area contributed by atoms with Gasteiger partial charge in [-0.15, -0.1) is 0 Å². The minimum atomic E-state index is -1.18. The van der Waals surface area contributed by atoms with Crippen molar-refractivity contribution in [3.05, 3.63) is 93.4 Å². The Morgan fingerprint density at radius 1 is 0.871 bits per heavy atom. The number of aromatic nitrogens is 4. The maximum atomic E-state index is 12.0. The van der Waals surface area contributed by atoms with Crippen molar-refractivity contribution in [2.45, 2.75) is 25.6 Å². The molecular formula is C24H20Br2N4O. The summed E-state index contributed by atoms with van der Waals surface area (Å²) in [6, 6.07) is 20.6. The van der Waals surface area contributed by atoms with E-state index < -0.39 is 5.60 Å². The summed E-state index contributed by atoms with van der Waals surface area (Å²) in [5, 5.41) is 18.5. The first-order chi connectivity index (χ1) is 14.9. The number of fused-ring (bicyclic) bond motifs is 3. The summed E-state index contributed by atoms with van der Waals surface area (Å²) in [6.45, 7) is 2.71. The topological polar surface area (TPSA) is 55.9 Å². The highest BCUT2D eigenvalue weighted by Crippen LogP contribution is 2.36. The van der Waals surface area contributed by atoms with Crippen LogP contribution in [0.1, 0.15) is 11.1 Å². The van der Waals surface area contributed by atoms with Gasteiger partial charge in [-0.05, 0) is 48.9 Å². The lowest BCUT2D eigenvalue weighted by molar-refractivity contribution is -0.000177. The van der Waals surface area contributed by atoms with Crippen molar-refractivity contribution in [2.75, 3.05) is 0 Å². The lowest BCUT2D eigenvalue weighted by Gasteiger charge is -2.30. The molecule has 1 atom stereocenters. The van der Waals surface area contributed by atoms with Crippen LogP contribution < -0.4 is 0 Å². The molecule has 1 N–H and O–H groups in total. The van der Waals surface area contributed by atoms with Gasteiger partial charge in [0.25, 0.3) is 0 Å². The zero-order valence-electron chi connectivity index (χ0n) is 16.8. The molecule has 0 spiro atoms. The van der Waals surface area contributed by atoms with E-state index in [2.05, 4.69) is 70.8 Å². The van der Waals surface area contributed by atoms with Crippen molar-refractivity contribution >= 4 is 53.7 Å². The molecule has 0 radical (unpaired) electrons. The Hall–Kier alpha value is -2.48. The minimum Gasteiger partial charge on any atom is -0.381 e. The Morgan fingerprint density at radius 3 is 2.03 bits per heavy atom. The third-order valence-corrected chi connectivity index (χ3v) is 6.67. The smallest absolute Gasteiger partial charge is 0.137 e. The summed E-state index contributed by atoms with van der Waals surface area (Å²) in [4.78, 5) is 4.05. The zero-order valence-corrected chi connectivity index (χ0v) is 20.0. The number of aryl methyl sites for hydroxylation is 1. The summed E-state index contributed by atoms with van der Waals surface area (Å²) in [5.74, 6) is 0. The van der Waals surface area contributed by atoms with E-state index in [0.29, 0.717) is 13.1 Å². The molecule has 0 saturated heterocycles. The van der Waals surface area contributed by atoms with Crippen molar-refractivity contribution in [1.29, 1.82) is 0 Å². The molecule has 2 aromatic heterocycles. The van der Waals surface area contributed by atoms with E-state index in [4.69, 9.17) is 0 Å². The lowest BCUT2D eigenvalue weighted by Crippen LogP contribution is -2.36. The highest BCUT2D eigenvalue weighted by atomic mass is 79.9. The van der Waals surface area contributed by atoms with Gasteiger partial charge in [0.15, 0.2) is 0 Å². The molecule has 0 saturated carbocycles. The highest BCUT2D eigenvalue weighted by molar-refractivity contribution is 9.10. The standard InChI is InChI=1S/C24H20Br2N4O/c1-16-2-4-17(5-3-16)24(31,12-29-15-27-14-28-29)13-30-22-8-6-18(25)10-20(22)21-11-19(26)7-9-23(21)30/h2-11,14-15,31H,12-13H2,1H3. The fourth-order valence-corrected chi connectivity index (χ4v) is 4.88. The van der Waals surface area contributed by atoms with Gasteiger partial charge in [-0.2, -0.15) is 5.10 Å². The van der Waals surface area contributed by atoms with Gasteiger partial charge in [-0.1, -0.05) is 61.7 Å². The monoisotopic (exact) mass is 538 g/mol. The van der Waals surface area contributed by atoms with Crippen LogP contribution in [-0.2, 0) is 18.7 Å². The van der Waals surface area contributed by atoms with Crippen LogP contribution in [0.4, 0.5) is 0 Å². The summed E-state index contributed by atoms with van der Waals surface area (Å²) >= 11 is 7.20. The van der Waals surface area contributed by atoms with Crippen LogP contribution in [0, 0.1) is 6.92 Å². The van der Waals surface area contributed by atoms with E-state index in [1.54, 1.807) is 11.0 Å². The third-order valence-electron chi connectivity index (χ3n) is 5.69. The Morgan fingerprint density at radius 2 is 1.48 bits per heavy atom. The van der Waals surface area contributed by atoms with Crippen molar-refractivity contribution in [3.8, 4) is 0 Å². The van der Waals surface area contributed by atoms with Crippen molar-refractivity contribution < 1.29 is 5.11 Å². The van der Waals surface area contributed by atoms with Gasteiger partial charge in [0.2, 0.25) is 0 Å². The highest BCUT2D eigenvalue weighted by Gasteiger charge is 2.32. The zero-order chi connectivity index (χ0) is 21.6. The number of hydrogen-bond donors (Lipinski definition) is 1. The first-order valence-electron chi connectivity index (χ1n) is 9.92. The van der Waals surface area contributed by atoms with Gasteiger partial charge in [0.1, 0.15) is 18.3 Å². The maximum absolute atomic E-state index is 12.0. The van der Waals surface area contributed by atoms with Gasteiger partial charge < -0.3 is 9.67 Å². The van der Waals surface area contributed by atoms with Crippen LogP contribution in [0.5, 0.6) is 0 Å². The van der Waals surface area contributed by atoms with Crippen molar-refractivity contribution in [2.24, 2.45) is 0 Å². The number of nitrogens with zero attached hydrogens (tertiary/aromatic N) is 4. The molecule has 156 valence electrons. The summed E-state index contributed by atoms with van der Waals surface area (Å²) in [5.41, 5.74) is 2.96. The lowest BCUT2D eigenvalue weighted by atomic mass is 9.92. The number of benzene rings is 3. The Kier molecular flexibility index (Phi) is 5.20. The fourth-order valence-electron chi connectivity index (χ4n) is 4.16. The Labute approximate surface area is 196 Å².